The van der Waals surface area contributed by atoms with Gasteiger partial charge in [0.1, 0.15) is 5.75 Å². The van der Waals surface area contributed by atoms with Crippen LogP contribution in [-0.2, 0) is 10.5 Å². The molecule has 1 heterocycles. The van der Waals surface area contributed by atoms with E-state index in [1.54, 1.807) is 36.8 Å². The molecule has 0 bridgehead atoms. The number of alkyl halides is 2. The molecule has 0 spiro atoms. The number of nitrogens with one attached hydrogen (secondary N) is 1. The molecular weight excluding hydrogens is 502 g/mol. The normalized spacial score (nSPS) is 12.1. The van der Waals surface area contributed by atoms with Crippen molar-refractivity contribution in [2.24, 2.45) is 0 Å². The average molecular weight is 520 g/mol. The molecule has 0 saturated carbocycles. The molecular formula is C20H18Cl4N4O2S. The van der Waals surface area contributed by atoms with Crippen LogP contribution in [0.3, 0.4) is 0 Å². The average Bonchev–Trinajstić information content (AvgIpc) is 3.17. The molecule has 0 aliphatic carbocycles. The molecule has 1 aromatic heterocycles. The van der Waals surface area contributed by atoms with Crippen molar-refractivity contribution >= 4 is 64.1 Å². The van der Waals surface area contributed by atoms with Gasteiger partial charge in [0.15, 0.2) is 15.8 Å². The first-order valence-corrected chi connectivity index (χ1v) is 11.7. The Hall–Kier alpha value is -1.64. The van der Waals surface area contributed by atoms with Crippen molar-refractivity contribution in [3.63, 3.8) is 0 Å². The first-order valence-electron chi connectivity index (χ1n) is 9.05. The smallest absolute Gasteiger partial charge is 0.253 e. The number of carbonyl (C=O) groups is 1. The van der Waals surface area contributed by atoms with Gasteiger partial charge in [-0.2, -0.15) is 0 Å². The van der Waals surface area contributed by atoms with Gasteiger partial charge in [0.25, 0.3) is 5.91 Å². The molecule has 0 fully saturated rings. The van der Waals surface area contributed by atoms with Crippen molar-refractivity contribution in [2.45, 2.75) is 28.7 Å². The number of benzene rings is 2. The van der Waals surface area contributed by atoms with E-state index < -0.39 is 16.8 Å². The summed E-state index contributed by atoms with van der Waals surface area (Å²) in [7, 11) is 1.62. The fourth-order valence-corrected chi connectivity index (χ4v) is 4.18. The van der Waals surface area contributed by atoms with Gasteiger partial charge in [0.2, 0.25) is 0 Å². The molecule has 2 aromatic carbocycles. The lowest BCUT2D eigenvalue weighted by Gasteiger charge is -2.17. The molecule has 1 unspecified atom stereocenters. The van der Waals surface area contributed by atoms with Gasteiger partial charge in [0, 0.05) is 10.8 Å². The number of halogens is 4. The predicted molar refractivity (Wildman–Crippen MR) is 126 cm³/mol. The zero-order chi connectivity index (χ0) is 22.5. The van der Waals surface area contributed by atoms with Crippen molar-refractivity contribution in [1.82, 2.24) is 20.1 Å². The fourth-order valence-electron chi connectivity index (χ4n) is 2.79. The topological polar surface area (TPSA) is 69.0 Å². The first-order chi connectivity index (χ1) is 14.8. The van der Waals surface area contributed by atoms with Gasteiger partial charge in [-0.05, 0) is 42.8 Å². The Morgan fingerprint density at radius 2 is 1.97 bits per heavy atom. The molecule has 0 radical (unpaired) electrons. The SMILES string of the molecule is COc1cccc(CSc2nnc(C(C)NC(=O)C(Cl)Cl)n2-c2cc(Cl)ccc2Cl)c1. The van der Waals surface area contributed by atoms with E-state index in [-0.39, 0.29) is 0 Å². The Morgan fingerprint density at radius 1 is 1.19 bits per heavy atom. The molecule has 31 heavy (non-hydrogen) atoms. The summed E-state index contributed by atoms with van der Waals surface area (Å²) >= 11 is 25.5. The molecule has 0 saturated heterocycles. The Morgan fingerprint density at radius 3 is 2.68 bits per heavy atom. The van der Waals surface area contributed by atoms with Crippen molar-refractivity contribution in [1.29, 1.82) is 0 Å². The maximum absolute atomic E-state index is 12.0. The monoisotopic (exact) mass is 518 g/mol. The minimum Gasteiger partial charge on any atom is -0.497 e. The van der Waals surface area contributed by atoms with Crippen LogP contribution in [0.1, 0.15) is 24.4 Å². The van der Waals surface area contributed by atoms with E-state index in [9.17, 15) is 4.79 Å². The summed E-state index contributed by atoms with van der Waals surface area (Å²) in [5, 5.41) is 12.9. The van der Waals surface area contributed by atoms with Crippen LogP contribution in [-0.4, -0.2) is 32.6 Å². The number of nitrogens with zero attached hydrogens (tertiary/aromatic N) is 3. The fraction of sp³-hybridized carbons (Fsp3) is 0.250. The second kappa shape index (κ2) is 10.8. The number of ether oxygens (including phenoxy) is 1. The van der Waals surface area contributed by atoms with Crippen LogP contribution in [0.25, 0.3) is 5.69 Å². The van der Waals surface area contributed by atoms with E-state index in [0.717, 1.165) is 11.3 Å². The van der Waals surface area contributed by atoms with Gasteiger partial charge >= 0.3 is 0 Å². The number of hydrogen-bond donors (Lipinski definition) is 1. The number of methoxy groups -OCH3 is 1. The lowest BCUT2D eigenvalue weighted by atomic mass is 10.2. The summed E-state index contributed by atoms with van der Waals surface area (Å²) in [4.78, 5) is 10.8. The van der Waals surface area contributed by atoms with Crippen LogP contribution in [0.15, 0.2) is 47.6 Å². The van der Waals surface area contributed by atoms with E-state index in [2.05, 4.69) is 15.5 Å². The van der Waals surface area contributed by atoms with E-state index in [1.165, 1.54) is 11.8 Å². The zero-order valence-electron chi connectivity index (χ0n) is 16.5. The number of aromatic nitrogens is 3. The van der Waals surface area contributed by atoms with Gasteiger partial charge < -0.3 is 10.1 Å². The van der Waals surface area contributed by atoms with Crippen molar-refractivity contribution < 1.29 is 9.53 Å². The molecule has 0 aliphatic heterocycles. The number of hydrogen-bond acceptors (Lipinski definition) is 5. The van der Waals surface area contributed by atoms with Crippen LogP contribution in [0.2, 0.25) is 10.0 Å². The van der Waals surface area contributed by atoms with E-state index in [0.29, 0.717) is 32.5 Å². The molecule has 164 valence electrons. The molecule has 6 nitrogen and oxygen atoms in total. The quantitative estimate of drug-likeness (QED) is 0.298. The van der Waals surface area contributed by atoms with Crippen molar-refractivity contribution in [2.75, 3.05) is 7.11 Å². The maximum Gasteiger partial charge on any atom is 0.253 e. The number of thioether (sulfide) groups is 1. The lowest BCUT2D eigenvalue weighted by molar-refractivity contribution is -0.120. The Balaban J connectivity index is 1.97. The third-order valence-corrected chi connectivity index (χ3v) is 6.21. The van der Waals surface area contributed by atoms with Crippen LogP contribution in [0.4, 0.5) is 0 Å². The van der Waals surface area contributed by atoms with Crippen molar-refractivity contribution in [3.05, 3.63) is 63.9 Å². The van der Waals surface area contributed by atoms with E-state index >= 15 is 0 Å². The molecule has 11 heteroatoms. The third kappa shape index (κ3) is 5.99. The molecule has 1 amide bonds. The minimum absolute atomic E-state index is 0.458. The Kier molecular flexibility index (Phi) is 8.36. The summed E-state index contributed by atoms with van der Waals surface area (Å²) in [5.74, 6) is 1.30. The van der Waals surface area contributed by atoms with Crippen LogP contribution >= 0.6 is 58.2 Å². The van der Waals surface area contributed by atoms with Gasteiger partial charge in [-0.25, -0.2) is 0 Å². The highest BCUT2D eigenvalue weighted by Crippen LogP contribution is 2.33. The first kappa shape index (κ1) is 24.0. The van der Waals surface area contributed by atoms with Crippen LogP contribution < -0.4 is 10.1 Å². The largest absolute Gasteiger partial charge is 0.497 e. The maximum atomic E-state index is 12.0. The second-order valence-corrected chi connectivity index (χ2v) is 9.33. The highest BCUT2D eigenvalue weighted by atomic mass is 35.5. The summed E-state index contributed by atoms with van der Waals surface area (Å²) in [6.45, 7) is 1.75. The third-order valence-electron chi connectivity index (χ3n) is 4.25. The Bertz CT molecular complexity index is 1080. The van der Waals surface area contributed by atoms with Gasteiger partial charge in [-0.1, -0.05) is 70.3 Å². The van der Waals surface area contributed by atoms with E-state index in [4.69, 9.17) is 51.1 Å². The molecule has 3 rings (SSSR count). The highest BCUT2D eigenvalue weighted by molar-refractivity contribution is 7.98. The predicted octanol–water partition coefficient (Wildman–Crippen LogP) is 5.86. The molecule has 1 N–H and O–H groups in total. The highest BCUT2D eigenvalue weighted by Gasteiger charge is 2.24. The van der Waals surface area contributed by atoms with Gasteiger partial charge in [-0.3, -0.25) is 9.36 Å². The summed E-state index contributed by atoms with van der Waals surface area (Å²) in [6.07, 6.45) is 0. The lowest BCUT2D eigenvalue weighted by Crippen LogP contribution is -2.32. The molecule has 0 aliphatic rings. The number of carbonyl (C=O) groups excluding carboxylic acids is 1. The second-order valence-electron chi connectivity index (χ2n) is 6.44. The summed E-state index contributed by atoms with van der Waals surface area (Å²) in [5.41, 5.74) is 1.64. The zero-order valence-corrected chi connectivity index (χ0v) is 20.3. The molecule has 1 atom stereocenters. The van der Waals surface area contributed by atoms with Crippen LogP contribution in [0.5, 0.6) is 5.75 Å². The summed E-state index contributed by atoms with van der Waals surface area (Å²) in [6, 6.07) is 12.3. The van der Waals surface area contributed by atoms with E-state index in [1.807, 2.05) is 24.3 Å². The number of amides is 1. The van der Waals surface area contributed by atoms with Crippen molar-refractivity contribution in [3.8, 4) is 11.4 Å². The Labute approximate surface area is 204 Å². The van der Waals surface area contributed by atoms with Crippen LogP contribution in [0, 0.1) is 0 Å². The minimum atomic E-state index is -1.20. The summed E-state index contributed by atoms with van der Waals surface area (Å²) < 4.78 is 7.05. The number of rotatable bonds is 8. The van der Waals surface area contributed by atoms with Gasteiger partial charge in [0.05, 0.1) is 23.9 Å². The molecule has 3 aromatic rings. The standard InChI is InChI=1S/C20H18Cl4N4O2S/c1-11(25-19(29)17(23)24)18-26-27-20(28(18)16-9-13(21)6-7-15(16)22)31-10-12-4-3-5-14(8-12)30-2/h3-9,11,17H,10H2,1-2H3,(H,25,29). The van der Waals surface area contributed by atoms with Gasteiger partial charge in [-0.15, -0.1) is 10.2 Å².